The number of halogens is 1. The number of ether oxygens (including phenoxy) is 1. The molecule has 0 saturated heterocycles. The Balaban J connectivity index is 2.41. The summed E-state index contributed by atoms with van der Waals surface area (Å²) >= 11 is 6.12. The van der Waals surface area contributed by atoms with Gasteiger partial charge < -0.3 is 10.1 Å². The summed E-state index contributed by atoms with van der Waals surface area (Å²) in [5.74, 6) is 0.0273. The van der Waals surface area contributed by atoms with Gasteiger partial charge in [0.25, 0.3) is 5.56 Å². The highest BCUT2D eigenvalue weighted by Gasteiger charge is 2.24. The van der Waals surface area contributed by atoms with Crippen molar-refractivity contribution in [1.82, 2.24) is 14.5 Å². The van der Waals surface area contributed by atoms with E-state index in [1.807, 2.05) is 13.8 Å². The van der Waals surface area contributed by atoms with Gasteiger partial charge in [-0.1, -0.05) is 23.7 Å². The van der Waals surface area contributed by atoms with E-state index >= 15 is 0 Å². The summed E-state index contributed by atoms with van der Waals surface area (Å²) in [4.78, 5) is 39.3. The van der Waals surface area contributed by atoms with E-state index in [1.165, 1.54) is 17.7 Å². The van der Waals surface area contributed by atoms with Crippen LogP contribution in [0.4, 0.5) is 0 Å². The highest BCUT2D eigenvalue weighted by atomic mass is 35.5. The van der Waals surface area contributed by atoms with Crippen molar-refractivity contribution in [3.63, 3.8) is 0 Å². The predicted octanol–water partition coefficient (Wildman–Crippen LogP) is 2.90. The van der Waals surface area contributed by atoms with Gasteiger partial charge in [0, 0.05) is 11.1 Å². The van der Waals surface area contributed by atoms with E-state index in [0.717, 1.165) is 4.57 Å². The van der Waals surface area contributed by atoms with Crippen LogP contribution in [0.1, 0.15) is 26.8 Å². The summed E-state index contributed by atoms with van der Waals surface area (Å²) in [5, 5.41) is 3.43. The predicted molar refractivity (Wildman–Crippen MR) is 113 cm³/mol. The Kier molecular flexibility index (Phi) is 5.79. The van der Waals surface area contributed by atoms with Crippen LogP contribution < -0.4 is 21.3 Å². The van der Waals surface area contributed by atoms with E-state index in [2.05, 4.69) is 5.32 Å². The number of hydrogen-bond donors (Lipinski definition) is 1. The van der Waals surface area contributed by atoms with Crippen molar-refractivity contribution >= 4 is 28.4 Å². The highest BCUT2D eigenvalue weighted by molar-refractivity contribution is 6.31. The molecule has 3 rings (SSSR count). The Morgan fingerprint density at radius 2 is 1.79 bits per heavy atom. The molecule has 0 aliphatic heterocycles. The molecule has 8 heteroatoms. The average molecular weight is 416 g/mol. The molecule has 0 spiro atoms. The van der Waals surface area contributed by atoms with Gasteiger partial charge in [0.15, 0.2) is 0 Å². The van der Waals surface area contributed by atoms with Crippen molar-refractivity contribution in [2.45, 2.75) is 32.9 Å². The third-order valence-corrected chi connectivity index (χ3v) is 4.81. The van der Waals surface area contributed by atoms with Crippen LogP contribution in [0.5, 0.6) is 5.75 Å². The standard InChI is InChI=1S/C21H22ClN3O4/c1-12(2)23-19(26)13(3)24-17-11-14(22)9-10-15(17)20(27)25(21(24)28)16-7-5-6-8-18(16)29-4/h5-13H,1-4H3,(H,23,26). The molecular formula is C21H22ClN3O4. The first-order chi connectivity index (χ1) is 13.8. The van der Waals surface area contributed by atoms with E-state index in [4.69, 9.17) is 16.3 Å². The lowest BCUT2D eigenvalue weighted by Crippen LogP contribution is -2.44. The Morgan fingerprint density at radius 3 is 2.45 bits per heavy atom. The first-order valence-electron chi connectivity index (χ1n) is 9.16. The number of para-hydroxylation sites is 2. The number of methoxy groups -OCH3 is 1. The fourth-order valence-electron chi connectivity index (χ4n) is 3.23. The molecular weight excluding hydrogens is 394 g/mol. The lowest BCUT2D eigenvalue weighted by molar-refractivity contribution is -0.124. The van der Waals surface area contributed by atoms with Gasteiger partial charge in [-0.2, -0.15) is 0 Å². The summed E-state index contributed by atoms with van der Waals surface area (Å²) in [7, 11) is 1.46. The molecule has 3 aromatic rings. The van der Waals surface area contributed by atoms with E-state index in [-0.39, 0.29) is 17.3 Å². The zero-order valence-electron chi connectivity index (χ0n) is 16.6. The average Bonchev–Trinajstić information content (AvgIpc) is 2.67. The van der Waals surface area contributed by atoms with Crippen molar-refractivity contribution in [2.75, 3.05) is 7.11 Å². The number of aromatic nitrogens is 2. The van der Waals surface area contributed by atoms with Crippen LogP contribution in [0.3, 0.4) is 0 Å². The number of amides is 1. The molecule has 29 heavy (non-hydrogen) atoms. The number of nitrogens with zero attached hydrogens (tertiary/aromatic N) is 2. The van der Waals surface area contributed by atoms with Gasteiger partial charge in [0.2, 0.25) is 5.91 Å². The monoisotopic (exact) mass is 415 g/mol. The van der Waals surface area contributed by atoms with E-state index in [9.17, 15) is 14.4 Å². The quantitative estimate of drug-likeness (QED) is 0.694. The van der Waals surface area contributed by atoms with Gasteiger partial charge in [-0.3, -0.25) is 14.2 Å². The molecule has 1 aromatic heterocycles. The van der Waals surface area contributed by atoms with Gasteiger partial charge >= 0.3 is 5.69 Å². The number of benzene rings is 2. The fraction of sp³-hybridized carbons (Fsp3) is 0.286. The van der Waals surface area contributed by atoms with Crippen LogP contribution >= 0.6 is 11.6 Å². The number of rotatable bonds is 5. The normalized spacial score (nSPS) is 12.2. The number of carbonyl (C=O) groups is 1. The summed E-state index contributed by atoms with van der Waals surface area (Å²) in [6.07, 6.45) is 0. The van der Waals surface area contributed by atoms with Crippen LogP contribution in [0.2, 0.25) is 5.02 Å². The van der Waals surface area contributed by atoms with Gasteiger partial charge in [0.1, 0.15) is 11.8 Å². The minimum Gasteiger partial charge on any atom is -0.495 e. The van der Waals surface area contributed by atoms with Crippen LogP contribution in [0.25, 0.3) is 16.6 Å². The van der Waals surface area contributed by atoms with Crippen LogP contribution in [-0.2, 0) is 4.79 Å². The molecule has 0 saturated carbocycles. The maximum absolute atomic E-state index is 13.5. The van der Waals surface area contributed by atoms with E-state index in [1.54, 1.807) is 43.3 Å². The van der Waals surface area contributed by atoms with Crippen molar-refractivity contribution in [3.8, 4) is 11.4 Å². The first-order valence-corrected chi connectivity index (χ1v) is 9.54. The molecule has 0 bridgehead atoms. The molecule has 1 atom stereocenters. The first kappa shape index (κ1) is 20.7. The van der Waals surface area contributed by atoms with Crippen molar-refractivity contribution in [3.05, 3.63) is 68.3 Å². The summed E-state index contributed by atoms with van der Waals surface area (Å²) in [6, 6.07) is 10.4. The Bertz CT molecular complexity index is 1200. The molecule has 0 aliphatic rings. The second-order valence-corrected chi connectivity index (χ2v) is 7.40. The van der Waals surface area contributed by atoms with Gasteiger partial charge in [0.05, 0.1) is 23.7 Å². The van der Waals surface area contributed by atoms with E-state index in [0.29, 0.717) is 22.0 Å². The second-order valence-electron chi connectivity index (χ2n) is 6.97. The third kappa shape index (κ3) is 3.78. The van der Waals surface area contributed by atoms with Crippen LogP contribution in [0, 0.1) is 0 Å². The molecule has 0 radical (unpaired) electrons. The molecule has 152 valence electrons. The van der Waals surface area contributed by atoms with Crippen molar-refractivity contribution in [1.29, 1.82) is 0 Å². The maximum atomic E-state index is 13.5. The largest absolute Gasteiger partial charge is 0.495 e. The van der Waals surface area contributed by atoms with Crippen molar-refractivity contribution < 1.29 is 9.53 Å². The Hall–Kier alpha value is -3.06. The Labute approximate surface area is 172 Å². The molecule has 0 fully saturated rings. The zero-order chi connectivity index (χ0) is 21.3. The molecule has 2 aromatic carbocycles. The maximum Gasteiger partial charge on any atom is 0.337 e. The van der Waals surface area contributed by atoms with Gasteiger partial charge in [-0.25, -0.2) is 9.36 Å². The topological polar surface area (TPSA) is 82.3 Å². The van der Waals surface area contributed by atoms with Crippen molar-refractivity contribution in [2.24, 2.45) is 0 Å². The molecule has 1 unspecified atom stereocenters. The van der Waals surface area contributed by atoms with Gasteiger partial charge in [-0.15, -0.1) is 0 Å². The lowest BCUT2D eigenvalue weighted by Gasteiger charge is -2.21. The summed E-state index contributed by atoms with van der Waals surface area (Å²) in [5.41, 5.74) is -0.573. The minimum atomic E-state index is -0.868. The van der Waals surface area contributed by atoms with E-state index < -0.39 is 17.3 Å². The van der Waals surface area contributed by atoms with Gasteiger partial charge in [-0.05, 0) is 51.1 Å². The summed E-state index contributed by atoms with van der Waals surface area (Å²) in [6.45, 7) is 5.27. The molecule has 0 aliphatic carbocycles. The van der Waals surface area contributed by atoms with Crippen LogP contribution in [-0.4, -0.2) is 28.2 Å². The SMILES string of the molecule is COc1ccccc1-n1c(=O)c2ccc(Cl)cc2n(C(C)C(=O)NC(C)C)c1=O. The lowest BCUT2D eigenvalue weighted by atomic mass is 10.2. The number of hydrogen-bond acceptors (Lipinski definition) is 4. The fourth-order valence-corrected chi connectivity index (χ4v) is 3.39. The Morgan fingerprint density at radius 1 is 1.10 bits per heavy atom. The smallest absolute Gasteiger partial charge is 0.337 e. The number of carbonyl (C=O) groups excluding carboxylic acids is 1. The minimum absolute atomic E-state index is 0.101. The number of fused-ring (bicyclic) bond motifs is 1. The third-order valence-electron chi connectivity index (χ3n) is 4.57. The molecule has 1 heterocycles. The molecule has 1 amide bonds. The molecule has 1 N–H and O–H groups in total. The zero-order valence-corrected chi connectivity index (χ0v) is 17.4. The summed E-state index contributed by atoms with van der Waals surface area (Å²) < 4.78 is 7.64. The molecule has 7 nitrogen and oxygen atoms in total. The highest BCUT2D eigenvalue weighted by Crippen LogP contribution is 2.23. The second kappa shape index (κ2) is 8.13. The van der Waals surface area contributed by atoms with Crippen LogP contribution in [0.15, 0.2) is 52.1 Å². The number of nitrogens with one attached hydrogen (secondary N) is 1.